The zero-order valence-electron chi connectivity index (χ0n) is 19.5. The van der Waals surface area contributed by atoms with Gasteiger partial charge in [-0.15, -0.1) is 11.3 Å². The quantitative estimate of drug-likeness (QED) is 0.276. The molecule has 1 saturated carbocycles. The van der Waals surface area contributed by atoms with Gasteiger partial charge in [0.05, 0.1) is 22.2 Å². The SMILES string of the molecule is N#Cc1c(Oc2cccc(NC(=O)Nc3ccc(C(F)(F)F)cn3)c2)ccc2nc(CC(=O)C3CC3)sc12. The fourth-order valence-corrected chi connectivity index (χ4v) is 4.72. The zero-order chi connectivity index (χ0) is 26.9. The number of nitriles is 1. The average Bonchev–Trinajstić information content (AvgIpc) is 3.64. The van der Waals surface area contributed by atoms with E-state index in [0.717, 1.165) is 25.0 Å². The number of rotatable bonds is 7. The number of hydrogen-bond acceptors (Lipinski definition) is 7. The molecule has 192 valence electrons. The molecule has 38 heavy (non-hydrogen) atoms. The van der Waals surface area contributed by atoms with Gasteiger partial charge in [0.2, 0.25) is 0 Å². The predicted octanol–water partition coefficient (Wildman–Crippen LogP) is 6.54. The van der Waals surface area contributed by atoms with Crippen LogP contribution in [-0.2, 0) is 17.4 Å². The van der Waals surface area contributed by atoms with Crippen LogP contribution in [0.1, 0.15) is 29.0 Å². The van der Waals surface area contributed by atoms with Gasteiger partial charge in [-0.25, -0.2) is 14.8 Å². The molecule has 0 unspecified atom stereocenters. The maximum Gasteiger partial charge on any atom is 0.417 e. The fourth-order valence-electron chi connectivity index (χ4n) is 3.66. The molecule has 2 aromatic carbocycles. The summed E-state index contributed by atoms with van der Waals surface area (Å²) in [5.41, 5.74) is 0.311. The number of anilines is 2. The Labute approximate surface area is 218 Å². The van der Waals surface area contributed by atoms with Crippen LogP contribution in [0.5, 0.6) is 11.5 Å². The summed E-state index contributed by atoms with van der Waals surface area (Å²) < 4.78 is 44.6. The van der Waals surface area contributed by atoms with E-state index in [1.165, 1.54) is 17.4 Å². The summed E-state index contributed by atoms with van der Waals surface area (Å²) >= 11 is 1.29. The lowest BCUT2D eigenvalue weighted by molar-refractivity contribution is -0.137. The van der Waals surface area contributed by atoms with Crippen LogP contribution in [0.4, 0.5) is 29.5 Å². The van der Waals surface area contributed by atoms with E-state index in [-0.39, 0.29) is 29.5 Å². The molecule has 0 aliphatic heterocycles. The third kappa shape index (κ3) is 5.73. The molecule has 0 saturated heterocycles. The summed E-state index contributed by atoms with van der Waals surface area (Å²) in [6.07, 6.45) is -1.80. The van der Waals surface area contributed by atoms with Crippen molar-refractivity contribution in [1.29, 1.82) is 5.26 Å². The van der Waals surface area contributed by atoms with Crippen LogP contribution in [0, 0.1) is 17.2 Å². The molecule has 5 rings (SSSR count). The van der Waals surface area contributed by atoms with Crippen molar-refractivity contribution in [2.24, 2.45) is 5.92 Å². The average molecular weight is 538 g/mol. The number of alkyl halides is 3. The van der Waals surface area contributed by atoms with Crippen LogP contribution in [-0.4, -0.2) is 21.8 Å². The molecule has 0 atom stereocenters. The second kappa shape index (κ2) is 10.1. The van der Waals surface area contributed by atoms with Gasteiger partial charge < -0.3 is 10.1 Å². The van der Waals surface area contributed by atoms with Crippen molar-refractivity contribution >= 4 is 44.9 Å². The first-order valence-electron chi connectivity index (χ1n) is 11.4. The van der Waals surface area contributed by atoms with Gasteiger partial charge in [-0.2, -0.15) is 18.4 Å². The number of carbonyl (C=O) groups excluding carboxylic acids is 2. The van der Waals surface area contributed by atoms with E-state index in [1.54, 1.807) is 30.3 Å². The highest BCUT2D eigenvalue weighted by Gasteiger charge is 2.31. The van der Waals surface area contributed by atoms with Crippen LogP contribution in [0.2, 0.25) is 0 Å². The van der Waals surface area contributed by atoms with Crippen molar-refractivity contribution < 1.29 is 27.5 Å². The highest BCUT2D eigenvalue weighted by molar-refractivity contribution is 7.19. The number of Topliss-reactive ketones (excluding diaryl/α,β-unsaturated/α-hetero) is 1. The number of urea groups is 1. The van der Waals surface area contributed by atoms with E-state index in [9.17, 15) is 28.0 Å². The number of hydrogen-bond donors (Lipinski definition) is 2. The first-order valence-corrected chi connectivity index (χ1v) is 12.3. The van der Waals surface area contributed by atoms with E-state index in [4.69, 9.17) is 4.74 Å². The fraction of sp³-hybridized carbons (Fsp3) is 0.192. The van der Waals surface area contributed by atoms with E-state index in [2.05, 4.69) is 26.7 Å². The maximum absolute atomic E-state index is 12.7. The van der Waals surface area contributed by atoms with Crippen LogP contribution in [0.3, 0.4) is 0 Å². The number of halogens is 3. The van der Waals surface area contributed by atoms with Crippen molar-refractivity contribution in [3.63, 3.8) is 0 Å². The molecule has 2 amide bonds. The lowest BCUT2D eigenvalue weighted by Crippen LogP contribution is -2.20. The summed E-state index contributed by atoms with van der Waals surface area (Å²) in [6, 6.07) is 13.0. The smallest absolute Gasteiger partial charge is 0.417 e. The van der Waals surface area contributed by atoms with Crippen molar-refractivity contribution in [2.75, 3.05) is 10.6 Å². The van der Waals surface area contributed by atoms with Gasteiger partial charge in [0.25, 0.3) is 0 Å². The van der Waals surface area contributed by atoms with Crippen molar-refractivity contribution in [3.8, 4) is 17.6 Å². The van der Waals surface area contributed by atoms with Crippen molar-refractivity contribution in [2.45, 2.75) is 25.4 Å². The molecule has 1 aliphatic rings. The minimum absolute atomic E-state index is 0.0578. The predicted molar refractivity (Wildman–Crippen MR) is 134 cm³/mol. The molecule has 2 N–H and O–H groups in total. The number of amides is 2. The van der Waals surface area contributed by atoms with Crippen LogP contribution < -0.4 is 15.4 Å². The van der Waals surface area contributed by atoms with Gasteiger partial charge in [-0.1, -0.05) is 6.07 Å². The topological polar surface area (TPSA) is 117 Å². The zero-order valence-corrected chi connectivity index (χ0v) is 20.3. The number of pyridine rings is 1. The van der Waals surface area contributed by atoms with Gasteiger partial charge in [-0.05, 0) is 49.2 Å². The first kappa shape index (κ1) is 25.2. The summed E-state index contributed by atoms with van der Waals surface area (Å²) in [7, 11) is 0. The van der Waals surface area contributed by atoms with E-state index in [0.29, 0.717) is 38.6 Å². The molecule has 1 fully saturated rings. The highest BCUT2D eigenvalue weighted by atomic mass is 32.1. The van der Waals surface area contributed by atoms with Crippen LogP contribution >= 0.6 is 11.3 Å². The molecular formula is C26H18F3N5O3S. The summed E-state index contributed by atoms with van der Waals surface area (Å²) in [5, 5.41) is 15.4. The third-order valence-electron chi connectivity index (χ3n) is 5.69. The van der Waals surface area contributed by atoms with Gasteiger partial charge in [0.1, 0.15) is 39.7 Å². The molecule has 2 aromatic heterocycles. The molecule has 2 heterocycles. The molecule has 8 nitrogen and oxygen atoms in total. The van der Waals surface area contributed by atoms with E-state index < -0.39 is 17.8 Å². The van der Waals surface area contributed by atoms with Crippen molar-refractivity contribution in [3.05, 3.63) is 70.9 Å². The lowest BCUT2D eigenvalue weighted by atomic mass is 10.2. The summed E-state index contributed by atoms with van der Waals surface area (Å²) in [4.78, 5) is 32.6. The van der Waals surface area contributed by atoms with Gasteiger partial charge >= 0.3 is 12.2 Å². The normalized spacial score (nSPS) is 13.1. The Morgan fingerprint density at radius 2 is 1.95 bits per heavy atom. The number of fused-ring (bicyclic) bond motifs is 1. The molecule has 0 bridgehead atoms. The van der Waals surface area contributed by atoms with Crippen molar-refractivity contribution in [1.82, 2.24) is 9.97 Å². The second-order valence-electron chi connectivity index (χ2n) is 8.56. The number of thiazole rings is 1. The number of nitrogens with one attached hydrogen (secondary N) is 2. The number of ether oxygens (including phenoxy) is 1. The molecule has 1 aliphatic carbocycles. The Morgan fingerprint density at radius 3 is 2.63 bits per heavy atom. The Kier molecular flexibility index (Phi) is 6.69. The summed E-state index contributed by atoms with van der Waals surface area (Å²) in [5.74, 6) is 0.865. The Bertz CT molecular complexity index is 1570. The van der Waals surface area contributed by atoms with E-state index >= 15 is 0 Å². The van der Waals surface area contributed by atoms with Crippen LogP contribution in [0.15, 0.2) is 54.7 Å². The maximum atomic E-state index is 12.7. The monoisotopic (exact) mass is 537 g/mol. The highest BCUT2D eigenvalue weighted by Crippen LogP contribution is 2.36. The Balaban J connectivity index is 1.28. The number of nitrogens with zero attached hydrogens (tertiary/aromatic N) is 3. The molecule has 0 radical (unpaired) electrons. The van der Waals surface area contributed by atoms with Gasteiger partial charge in [0.15, 0.2) is 0 Å². The molecule has 12 heteroatoms. The number of aromatic nitrogens is 2. The first-order chi connectivity index (χ1) is 18.2. The Morgan fingerprint density at radius 1 is 1.13 bits per heavy atom. The minimum Gasteiger partial charge on any atom is -0.456 e. The number of ketones is 1. The second-order valence-corrected chi connectivity index (χ2v) is 9.65. The molecule has 0 spiro atoms. The molecular weight excluding hydrogens is 519 g/mol. The van der Waals surface area contributed by atoms with Gasteiger partial charge in [-0.3, -0.25) is 10.1 Å². The third-order valence-corrected chi connectivity index (χ3v) is 6.77. The standard InChI is InChI=1S/C26H18F3N5O3S/c27-26(28,29)15-6-9-22(31-13-15)34-25(36)32-16-2-1-3-17(10-16)37-21-8-7-19-24(18(21)12-30)38-23(33-19)11-20(35)14-4-5-14/h1-3,6-10,13-14H,4-5,11H2,(H2,31,32,34,36). The summed E-state index contributed by atoms with van der Waals surface area (Å²) in [6.45, 7) is 0. The van der Waals surface area contributed by atoms with Crippen LogP contribution in [0.25, 0.3) is 10.2 Å². The minimum atomic E-state index is -4.53. The molecule has 4 aromatic rings. The van der Waals surface area contributed by atoms with E-state index in [1.807, 2.05) is 0 Å². The Hall–Kier alpha value is -4.50. The number of benzene rings is 2. The number of carbonyl (C=O) groups is 2. The van der Waals surface area contributed by atoms with Gasteiger partial charge in [0, 0.05) is 23.9 Å². The largest absolute Gasteiger partial charge is 0.456 e. The lowest BCUT2D eigenvalue weighted by Gasteiger charge is -2.11.